The predicted octanol–water partition coefficient (Wildman–Crippen LogP) is 1.44. The van der Waals surface area contributed by atoms with Gasteiger partial charge in [0.15, 0.2) is 0 Å². The van der Waals surface area contributed by atoms with Gasteiger partial charge >= 0.3 is 0 Å². The summed E-state index contributed by atoms with van der Waals surface area (Å²) < 4.78 is 5.37. The number of para-hydroxylation sites is 1. The topological polar surface area (TPSA) is 83.4 Å². The summed E-state index contributed by atoms with van der Waals surface area (Å²) in [6, 6.07) is 10.9. The number of anilines is 1. The first kappa shape index (κ1) is 20.1. The molecule has 2 aromatic rings. The van der Waals surface area contributed by atoms with Crippen molar-refractivity contribution in [3.63, 3.8) is 0 Å². The maximum Gasteiger partial charge on any atom is 0.270 e. The lowest BCUT2D eigenvalue weighted by Gasteiger charge is -2.31. The Morgan fingerprint density at radius 3 is 3.00 bits per heavy atom. The molecule has 0 radical (unpaired) electrons. The van der Waals surface area contributed by atoms with Crippen molar-refractivity contribution < 1.29 is 14.3 Å². The monoisotopic (exact) mass is 406 g/mol. The predicted molar refractivity (Wildman–Crippen MR) is 114 cm³/mol. The van der Waals surface area contributed by atoms with E-state index in [9.17, 15) is 9.59 Å². The second-order valence-electron chi connectivity index (χ2n) is 7.62. The van der Waals surface area contributed by atoms with Crippen LogP contribution in [-0.2, 0) is 11.2 Å². The number of rotatable bonds is 6. The Hall–Kier alpha value is -3.22. The Bertz CT molecular complexity index is 1100. The summed E-state index contributed by atoms with van der Waals surface area (Å²) in [4.78, 5) is 35.2. The number of nitrogens with zero attached hydrogens (tertiary/aromatic N) is 3. The number of benzene rings is 2. The van der Waals surface area contributed by atoms with E-state index in [-0.39, 0.29) is 11.8 Å². The molecule has 4 rings (SSSR count). The molecule has 0 unspecified atom stereocenters. The van der Waals surface area contributed by atoms with Crippen LogP contribution in [0.4, 0.5) is 5.69 Å². The molecule has 2 heterocycles. The molecule has 7 nitrogen and oxygen atoms in total. The van der Waals surface area contributed by atoms with Gasteiger partial charge in [-0.05, 0) is 49.9 Å². The number of methoxy groups -OCH3 is 1. The lowest BCUT2D eigenvalue weighted by Crippen LogP contribution is -2.42. The third kappa shape index (κ3) is 4.06. The number of ether oxygens (including phenoxy) is 1. The van der Waals surface area contributed by atoms with Gasteiger partial charge in [-0.25, -0.2) is 4.99 Å². The van der Waals surface area contributed by atoms with Gasteiger partial charge in [-0.1, -0.05) is 12.1 Å². The lowest BCUT2D eigenvalue weighted by atomic mass is 10.0. The fourth-order valence-electron chi connectivity index (χ4n) is 3.96. The van der Waals surface area contributed by atoms with Crippen molar-refractivity contribution in [2.24, 2.45) is 9.98 Å². The summed E-state index contributed by atoms with van der Waals surface area (Å²) in [5, 5.41) is 3.95. The van der Waals surface area contributed by atoms with Crippen molar-refractivity contribution in [1.82, 2.24) is 5.32 Å². The van der Waals surface area contributed by atoms with Crippen molar-refractivity contribution in [1.29, 1.82) is 0 Å². The lowest BCUT2D eigenvalue weighted by molar-refractivity contribution is -0.119. The first-order chi connectivity index (χ1) is 14.6. The van der Waals surface area contributed by atoms with Crippen LogP contribution in [0, 0.1) is 0 Å². The number of aryl methyl sites for hydroxylation is 1. The maximum atomic E-state index is 12.7. The van der Waals surface area contributed by atoms with Gasteiger partial charge in [0, 0.05) is 31.4 Å². The molecule has 30 heavy (non-hydrogen) atoms. The molecule has 1 N–H and O–H groups in total. The van der Waals surface area contributed by atoms with E-state index in [2.05, 4.69) is 32.3 Å². The van der Waals surface area contributed by atoms with Crippen LogP contribution in [0.1, 0.15) is 35.7 Å². The summed E-state index contributed by atoms with van der Waals surface area (Å²) in [6.07, 6.45) is 3.04. The molecule has 0 spiro atoms. The summed E-state index contributed by atoms with van der Waals surface area (Å²) in [6.45, 7) is 4.12. The smallest absolute Gasteiger partial charge is 0.270 e. The molecule has 0 aromatic heterocycles. The van der Waals surface area contributed by atoms with Crippen LogP contribution in [0.3, 0.4) is 0 Å². The van der Waals surface area contributed by atoms with Gasteiger partial charge in [-0.3, -0.25) is 14.6 Å². The highest BCUT2D eigenvalue weighted by Gasteiger charge is 2.19. The Labute approximate surface area is 175 Å². The number of amides is 2. The average Bonchev–Trinajstić information content (AvgIpc) is 2.76. The third-order valence-corrected chi connectivity index (χ3v) is 5.57. The van der Waals surface area contributed by atoms with Crippen LogP contribution in [0.2, 0.25) is 0 Å². The summed E-state index contributed by atoms with van der Waals surface area (Å²) in [5.41, 5.74) is 3.03. The maximum absolute atomic E-state index is 12.7. The fourth-order valence-corrected chi connectivity index (χ4v) is 3.96. The minimum Gasteiger partial charge on any atom is -0.497 e. The number of carbonyl (C=O) groups excluding carboxylic acids is 2. The van der Waals surface area contributed by atoms with E-state index in [1.165, 1.54) is 11.3 Å². The van der Waals surface area contributed by atoms with Crippen molar-refractivity contribution in [2.75, 3.05) is 31.6 Å². The van der Waals surface area contributed by atoms with E-state index in [0.29, 0.717) is 22.8 Å². The molecule has 0 saturated heterocycles. The molecule has 2 aromatic carbocycles. The van der Waals surface area contributed by atoms with Gasteiger partial charge in [-0.15, -0.1) is 0 Å². The molecule has 2 amide bonds. The largest absolute Gasteiger partial charge is 0.497 e. The minimum absolute atomic E-state index is 0.187. The van der Waals surface area contributed by atoms with Crippen molar-refractivity contribution >= 4 is 17.5 Å². The van der Waals surface area contributed by atoms with E-state index in [4.69, 9.17) is 4.74 Å². The van der Waals surface area contributed by atoms with Crippen LogP contribution in [0.25, 0.3) is 0 Å². The zero-order chi connectivity index (χ0) is 21.1. The van der Waals surface area contributed by atoms with Gasteiger partial charge in [0.1, 0.15) is 11.8 Å². The van der Waals surface area contributed by atoms with E-state index >= 15 is 0 Å². The second-order valence-corrected chi connectivity index (χ2v) is 7.62. The molecule has 0 bridgehead atoms. The number of carbonyl (C=O) groups is 2. The molecule has 7 heteroatoms. The first-order valence-corrected chi connectivity index (χ1v) is 10.4. The summed E-state index contributed by atoms with van der Waals surface area (Å²) in [7, 11) is 1.68. The molecule has 0 fully saturated rings. The van der Waals surface area contributed by atoms with Crippen molar-refractivity contribution in [3.05, 3.63) is 58.2 Å². The Kier molecular flexibility index (Phi) is 5.79. The molecule has 2 aliphatic rings. The SMILES string of the molecule is COc1ccc2c(c1)N(CCCNC(=O)c1cccc3c1=N[C@H](C)C(=O)N=3)CCC2. The molecule has 0 aliphatic carbocycles. The van der Waals surface area contributed by atoms with E-state index in [1.807, 2.05) is 6.07 Å². The molecular weight excluding hydrogens is 380 g/mol. The average molecular weight is 406 g/mol. The minimum atomic E-state index is -0.553. The Balaban J connectivity index is 1.39. The van der Waals surface area contributed by atoms with Crippen LogP contribution < -0.4 is 25.7 Å². The number of hydrogen-bond donors (Lipinski definition) is 1. The number of nitrogens with one attached hydrogen (secondary N) is 1. The van der Waals surface area contributed by atoms with Gasteiger partial charge in [0.25, 0.3) is 11.8 Å². The number of fused-ring (bicyclic) bond motifs is 2. The number of hydrogen-bond acceptors (Lipinski definition) is 5. The molecule has 1 atom stereocenters. The fraction of sp³-hybridized carbons (Fsp3) is 0.391. The Morgan fingerprint density at radius 2 is 2.17 bits per heavy atom. The molecular formula is C23H26N4O3. The normalized spacial score (nSPS) is 17.3. The van der Waals surface area contributed by atoms with Gasteiger partial charge in [-0.2, -0.15) is 0 Å². The first-order valence-electron chi connectivity index (χ1n) is 10.4. The summed E-state index contributed by atoms with van der Waals surface area (Å²) >= 11 is 0. The second kappa shape index (κ2) is 8.65. The van der Waals surface area contributed by atoms with Crippen LogP contribution in [0.5, 0.6) is 5.75 Å². The molecule has 2 aliphatic heterocycles. The van der Waals surface area contributed by atoms with Gasteiger partial charge in [0.05, 0.1) is 23.4 Å². The summed E-state index contributed by atoms with van der Waals surface area (Å²) in [5.74, 6) is 0.399. The van der Waals surface area contributed by atoms with Gasteiger partial charge < -0.3 is 15.0 Å². The van der Waals surface area contributed by atoms with Gasteiger partial charge in [0.2, 0.25) is 0 Å². The van der Waals surface area contributed by atoms with Crippen molar-refractivity contribution in [3.8, 4) is 5.75 Å². The van der Waals surface area contributed by atoms with Crippen LogP contribution in [0.15, 0.2) is 46.4 Å². The van der Waals surface area contributed by atoms with Crippen molar-refractivity contribution in [2.45, 2.75) is 32.2 Å². The highest BCUT2D eigenvalue weighted by molar-refractivity contribution is 5.94. The third-order valence-electron chi connectivity index (χ3n) is 5.57. The standard InChI is InChI=1S/C23H26N4O3/c1-15-22(28)26-19-8-3-7-18(21(19)25-15)23(29)24-11-5-13-27-12-4-6-16-9-10-17(30-2)14-20(16)27/h3,7-10,14-15H,4-6,11-13H2,1-2H3,(H,24,29)/t15-/m1/s1. The van der Waals surface area contributed by atoms with E-state index < -0.39 is 6.04 Å². The quantitative estimate of drug-likeness (QED) is 0.736. The van der Waals surface area contributed by atoms with E-state index in [0.717, 1.165) is 38.1 Å². The van der Waals surface area contributed by atoms with E-state index in [1.54, 1.807) is 32.2 Å². The zero-order valence-electron chi connectivity index (χ0n) is 17.4. The zero-order valence-corrected chi connectivity index (χ0v) is 17.4. The highest BCUT2D eigenvalue weighted by Crippen LogP contribution is 2.30. The van der Waals surface area contributed by atoms with Crippen LogP contribution >= 0.6 is 0 Å². The highest BCUT2D eigenvalue weighted by atomic mass is 16.5. The molecule has 0 saturated carbocycles. The van der Waals surface area contributed by atoms with Crippen LogP contribution in [-0.4, -0.2) is 44.6 Å². The molecule has 156 valence electrons. The Morgan fingerprint density at radius 1 is 1.30 bits per heavy atom.